The first-order chi connectivity index (χ1) is 18.7. The molecule has 0 radical (unpaired) electrons. The molecule has 0 N–H and O–H groups in total. The summed E-state index contributed by atoms with van der Waals surface area (Å²) in [5.41, 5.74) is 2.88. The Hall–Kier alpha value is -3.92. The minimum absolute atomic E-state index is 0.0190. The summed E-state index contributed by atoms with van der Waals surface area (Å²) in [6.07, 6.45) is 8.55. The average molecular weight is 544 g/mol. The van der Waals surface area contributed by atoms with Crippen LogP contribution in [0.15, 0.2) is 80.5 Å². The summed E-state index contributed by atoms with van der Waals surface area (Å²) in [5.74, 6) is 1.10. The second kappa shape index (κ2) is 9.37. The molecule has 3 aliphatic rings. The molecule has 39 heavy (non-hydrogen) atoms. The number of amidine groups is 1. The Kier molecular flexibility index (Phi) is 6.10. The van der Waals surface area contributed by atoms with Gasteiger partial charge in [0, 0.05) is 40.8 Å². The molecule has 9 nitrogen and oxygen atoms in total. The Bertz CT molecular complexity index is 1530. The van der Waals surface area contributed by atoms with E-state index in [-0.39, 0.29) is 29.0 Å². The molecule has 200 valence electrons. The second-order valence-electron chi connectivity index (χ2n) is 11.1. The van der Waals surface area contributed by atoms with Crippen molar-refractivity contribution in [1.82, 2.24) is 9.47 Å². The molecule has 6 rings (SSSR count). The highest BCUT2D eigenvalue weighted by Crippen LogP contribution is 2.64. The number of thioether (sulfide) groups is 1. The Morgan fingerprint density at radius 1 is 1.15 bits per heavy atom. The molecule has 2 aliphatic carbocycles. The molecular formula is C29H29N5O4S. The van der Waals surface area contributed by atoms with Gasteiger partial charge in [0.15, 0.2) is 5.17 Å². The predicted molar refractivity (Wildman–Crippen MR) is 151 cm³/mol. The van der Waals surface area contributed by atoms with Gasteiger partial charge in [0.2, 0.25) is 0 Å². The van der Waals surface area contributed by atoms with E-state index in [1.54, 1.807) is 29.4 Å². The van der Waals surface area contributed by atoms with Crippen LogP contribution in [0.3, 0.4) is 0 Å². The first-order valence-corrected chi connectivity index (χ1v) is 13.8. The van der Waals surface area contributed by atoms with E-state index in [1.165, 1.54) is 30.3 Å². The Morgan fingerprint density at radius 2 is 1.95 bits per heavy atom. The molecular weight excluding hydrogens is 514 g/mol. The first kappa shape index (κ1) is 25.4. The van der Waals surface area contributed by atoms with Gasteiger partial charge in [-0.3, -0.25) is 19.8 Å². The predicted octanol–water partition coefficient (Wildman–Crippen LogP) is 6.65. The number of amides is 1. The van der Waals surface area contributed by atoms with Crippen LogP contribution in [-0.2, 0) is 11.3 Å². The Morgan fingerprint density at radius 3 is 2.59 bits per heavy atom. The van der Waals surface area contributed by atoms with E-state index in [9.17, 15) is 14.9 Å². The summed E-state index contributed by atoms with van der Waals surface area (Å²) in [6, 6.07) is 13.7. The smallest absolute Gasteiger partial charge is 0.269 e. The van der Waals surface area contributed by atoms with Crippen molar-refractivity contribution in [3.63, 3.8) is 0 Å². The van der Waals surface area contributed by atoms with Crippen LogP contribution in [0, 0.1) is 26.9 Å². The third-order valence-corrected chi connectivity index (χ3v) is 9.95. The highest BCUT2D eigenvalue weighted by Gasteiger charge is 2.60. The molecule has 0 spiro atoms. The Balaban J connectivity index is 1.33. The number of nitrogens with zero attached hydrogens (tertiary/aromatic N) is 5. The highest BCUT2D eigenvalue weighted by molar-refractivity contribution is 8.18. The fraction of sp³-hybridized carbons (Fsp3) is 0.345. The van der Waals surface area contributed by atoms with E-state index in [4.69, 9.17) is 9.52 Å². The maximum absolute atomic E-state index is 13.6. The molecule has 1 aliphatic heterocycles. The zero-order chi connectivity index (χ0) is 27.4. The highest BCUT2D eigenvalue weighted by atomic mass is 32.2. The lowest BCUT2D eigenvalue weighted by Gasteiger charge is -2.34. The summed E-state index contributed by atoms with van der Waals surface area (Å²) < 4.78 is 7.42. The molecule has 2 atom stereocenters. The number of hydrogen-bond acceptors (Lipinski definition) is 7. The number of carbonyl (C=O) groups excluding carboxylic acids is 1. The van der Waals surface area contributed by atoms with Gasteiger partial charge in [0.05, 0.1) is 22.6 Å². The molecule has 1 aromatic carbocycles. The zero-order valence-electron chi connectivity index (χ0n) is 22.0. The number of benzene rings is 1. The van der Waals surface area contributed by atoms with Crippen molar-refractivity contribution in [3.8, 4) is 5.69 Å². The standard InChI is InChI=1S/C29H29N5O4S/c1-28(2)19-12-13-29(28,3)25(16-19)30-31-27-33(18-23-7-5-15-38-23)26(35)24(39-27)17-22-6-4-14-32(22)20-8-10-21(11-9-20)34(36)37/h4-11,14-15,17,19H,12-13,16,18H2,1-3H3/b24-17-,30-25+,31-27+. The van der Waals surface area contributed by atoms with Gasteiger partial charge in [-0.05, 0) is 84.8 Å². The van der Waals surface area contributed by atoms with Crippen LogP contribution in [0.5, 0.6) is 0 Å². The molecule has 2 unspecified atom stereocenters. The lowest BCUT2D eigenvalue weighted by molar-refractivity contribution is -0.384. The molecule has 3 heterocycles. The SMILES string of the molecule is CC12CCC(C/C1=N\N=C1\S/C(=C\c3cccn3-c3ccc([N+](=O)[O-])cc3)C(=O)N1Cc1ccco1)C2(C)C. The van der Waals surface area contributed by atoms with Crippen molar-refractivity contribution in [2.75, 3.05) is 0 Å². The lowest BCUT2D eigenvalue weighted by atomic mass is 9.70. The molecule has 3 aromatic rings. The van der Waals surface area contributed by atoms with Crippen LogP contribution >= 0.6 is 11.8 Å². The normalized spacial score (nSPS) is 26.9. The summed E-state index contributed by atoms with van der Waals surface area (Å²) in [5, 5.41) is 21.0. The second-order valence-corrected chi connectivity index (χ2v) is 12.1. The van der Waals surface area contributed by atoms with Gasteiger partial charge in [-0.2, -0.15) is 5.10 Å². The maximum atomic E-state index is 13.6. The summed E-state index contributed by atoms with van der Waals surface area (Å²) >= 11 is 1.30. The number of nitro groups is 1. The van der Waals surface area contributed by atoms with E-state index >= 15 is 0 Å². The number of aromatic nitrogens is 1. The third-order valence-electron chi connectivity index (χ3n) is 8.95. The van der Waals surface area contributed by atoms with Crippen molar-refractivity contribution in [2.45, 2.75) is 46.6 Å². The van der Waals surface area contributed by atoms with Gasteiger partial charge in [-0.1, -0.05) is 20.8 Å². The van der Waals surface area contributed by atoms with Crippen LogP contribution in [0.2, 0.25) is 0 Å². The van der Waals surface area contributed by atoms with E-state index in [2.05, 4.69) is 25.9 Å². The minimum Gasteiger partial charge on any atom is -0.467 e. The van der Waals surface area contributed by atoms with Crippen molar-refractivity contribution in [1.29, 1.82) is 0 Å². The van der Waals surface area contributed by atoms with E-state index in [1.807, 2.05) is 35.0 Å². The number of non-ortho nitro benzene ring substituents is 1. The molecule has 1 saturated heterocycles. The topological polar surface area (TPSA) is 106 Å². The molecule has 2 saturated carbocycles. The van der Waals surface area contributed by atoms with Crippen LogP contribution in [0.25, 0.3) is 11.8 Å². The van der Waals surface area contributed by atoms with Crippen molar-refractivity contribution >= 4 is 40.3 Å². The van der Waals surface area contributed by atoms with Crippen LogP contribution in [0.4, 0.5) is 5.69 Å². The fourth-order valence-corrected chi connectivity index (χ4v) is 6.99. The monoisotopic (exact) mass is 543 g/mol. The molecule has 10 heteroatoms. The van der Waals surface area contributed by atoms with Crippen LogP contribution in [-0.4, -0.2) is 31.2 Å². The Labute approximate surface area is 230 Å². The molecule has 2 bridgehead atoms. The average Bonchev–Trinajstić information content (AvgIpc) is 3.72. The van der Waals surface area contributed by atoms with Crippen molar-refractivity contribution in [2.24, 2.45) is 27.0 Å². The van der Waals surface area contributed by atoms with Crippen LogP contribution in [0.1, 0.15) is 51.5 Å². The van der Waals surface area contributed by atoms with Crippen LogP contribution < -0.4 is 0 Å². The van der Waals surface area contributed by atoms with Gasteiger partial charge in [0.25, 0.3) is 11.6 Å². The van der Waals surface area contributed by atoms with Gasteiger partial charge in [0.1, 0.15) is 5.76 Å². The number of furan rings is 1. The van der Waals surface area contributed by atoms with E-state index < -0.39 is 4.92 Å². The largest absolute Gasteiger partial charge is 0.467 e. The van der Waals surface area contributed by atoms with E-state index in [0.29, 0.717) is 21.8 Å². The molecule has 1 amide bonds. The first-order valence-electron chi connectivity index (χ1n) is 13.0. The number of nitro benzene ring substituents is 1. The fourth-order valence-electron chi connectivity index (χ4n) is 6.08. The van der Waals surface area contributed by atoms with Crippen molar-refractivity contribution in [3.05, 3.63) is 87.5 Å². The number of rotatable bonds is 6. The lowest BCUT2D eigenvalue weighted by Crippen LogP contribution is -2.32. The van der Waals surface area contributed by atoms with Gasteiger partial charge >= 0.3 is 0 Å². The zero-order valence-corrected chi connectivity index (χ0v) is 22.9. The maximum Gasteiger partial charge on any atom is 0.269 e. The third kappa shape index (κ3) is 4.23. The van der Waals surface area contributed by atoms with Crippen molar-refractivity contribution < 1.29 is 14.1 Å². The summed E-state index contributed by atoms with van der Waals surface area (Å²) in [4.78, 5) is 26.4. The number of carbonyl (C=O) groups is 1. The number of hydrogen-bond donors (Lipinski definition) is 0. The quantitative estimate of drug-likeness (QED) is 0.196. The van der Waals surface area contributed by atoms with Gasteiger partial charge < -0.3 is 8.98 Å². The van der Waals surface area contributed by atoms with E-state index in [0.717, 1.165) is 29.9 Å². The van der Waals surface area contributed by atoms with Gasteiger partial charge in [-0.15, -0.1) is 5.10 Å². The number of fused-ring (bicyclic) bond motifs is 2. The molecule has 2 aromatic heterocycles. The van der Waals surface area contributed by atoms with Gasteiger partial charge in [-0.25, -0.2) is 0 Å². The summed E-state index contributed by atoms with van der Waals surface area (Å²) in [7, 11) is 0. The minimum atomic E-state index is -0.425. The summed E-state index contributed by atoms with van der Waals surface area (Å²) in [6.45, 7) is 7.22. The molecule has 3 fully saturated rings.